The van der Waals surface area contributed by atoms with E-state index in [1.54, 1.807) is 13.8 Å². The molecule has 0 saturated heterocycles. The van der Waals surface area contributed by atoms with Crippen molar-refractivity contribution < 1.29 is 23.9 Å². The van der Waals surface area contributed by atoms with Crippen molar-refractivity contribution in [3.63, 3.8) is 0 Å². The molecule has 5 nitrogen and oxygen atoms in total. The molecule has 1 aliphatic heterocycles. The highest BCUT2D eigenvalue weighted by Crippen LogP contribution is 2.44. The molecule has 2 N–H and O–H groups in total. The van der Waals surface area contributed by atoms with Crippen LogP contribution in [0.3, 0.4) is 0 Å². The van der Waals surface area contributed by atoms with Gasteiger partial charge >= 0.3 is 5.97 Å². The summed E-state index contributed by atoms with van der Waals surface area (Å²) in [5.41, 5.74) is -0.647. The van der Waals surface area contributed by atoms with Crippen molar-refractivity contribution in [3.05, 3.63) is 28.0 Å². The summed E-state index contributed by atoms with van der Waals surface area (Å²) in [6, 6.07) is 1.29. The maximum Gasteiger partial charge on any atom is 0.304 e. The van der Waals surface area contributed by atoms with Crippen molar-refractivity contribution >= 4 is 34.9 Å². The molecule has 1 aliphatic rings. The molecule has 118 valence electrons. The zero-order chi connectivity index (χ0) is 16.8. The van der Waals surface area contributed by atoms with Gasteiger partial charge in [0.05, 0.1) is 23.1 Å². The van der Waals surface area contributed by atoms with Crippen LogP contribution in [0.15, 0.2) is 6.07 Å². The number of fused-ring (bicyclic) bond motifs is 1. The number of carbonyl (C=O) groups is 3. The van der Waals surface area contributed by atoms with E-state index in [4.69, 9.17) is 16.7 Å². The molecule has 0 spiro atoms. The number of rotatable bonds is 4. The van der Waals surface area contributed by atoms with Gasteiger partial charge in [0.25, 0.3) is 0 Å². The molecule has 1 aromatic rings. The number of hydrogen-bond donors (Lipinski definition) is 2. The fraction of sp³-hybridized carbons (Fsp3) is 0.400. The third-order valence-corrected chi connectivity index (χ3v) is 4.23. The summed E-state index contributed by atoms with van der Waals surface area (Å²) < 4.78 is 14.3. The first-order chi connectivity index (χ1) is 10.1. The maximum atomic E-state index is 14.3. The van der Waals surface area contributed by atoms with Crippen LogP contribution >= 0.6 is 11.6 Å². The molecule has 7 heteroatoms. The van der Waals surface area contributed by atoms with Crippen LogP contribution in [0.2, 0.25) is 5.02 Å². The molecule has 1 aromatic carbocycles. The van der Waals surface area contributed by atoms with Crippen LogP contribution in [0.5, 0.6) is 0 Å². The van der Waals surface area contributed by atoms with Gasteiger partial charge in [-0.3, -0.25) is 14.4 Å². The third kappa shape index (κ3) is 2.47. The molecule has 1 unspecified atom stereocenters. The zero-order valence-corrected chi connectivity index (χ0v) is 13.0. The van der Waals surface area contributed by atoms with Crippen LogP contribution in [0.1, 0.15) is 43.1 Å². The Labute approximate surface area is 131 Å². The van der Waals surface area contributed by atoms with Crippen LogP contribution in [0.25, 0.3) is 0 Å². The Morgan fingerprint density at radius 2 is 2.05 bits per heavy atom. The number of carboxylic acids is 1. The summed E-state index contributed by atoms with van der Waals surface area (Å²) in [6.45, 7) is 4.68. The molecule has 0 fully saturated rings. The summed E-state index contributed by atoms with van der Waals surface area (Å²) >= 11 is 5.93. The van der Waals surface area contributed by atoms with Crippen molar-refractivity contribution in [2.75, 3.05) is 5.32 Å². The number of aliphatic carboxylic acids is 1. The molecule has 1 heterocycles. The van der Waals surface area contributed by atoms with Crippen LogP contribution in [-0.2, 0) is 15.0 Å². The average Bonchev–Trinajstić information content (AvgIpc) is 2.64. The van der Waals surface area contributed by atoms with Crippen LogP contribution < -0.4 is 5.32 Å². The fourth-order valence-electron chi connectivity index (χ4n) is 2.43. The first-order valence-electron chi connectivity index (χ1n) is 6.67. The molecule has 0 saturated carbocycles. The summed E-state index contributed by atoms with van der Waals surface area (Å²) in [6.07, 6.45) is -0.409. The van der Waals surface area contributed by atoms with Crippen LogP contribution in [0, 0.1) is 11.7 Å². The highest BCUT2D eigenvalue weighted by molar-refractivity contribution is 6.35. The normalized spacial score (nSPS) is 16.9. The monoisotopic (exact) mass is 327 g/mol. The van der Waals surface area contributed by atoms with Gasteiger partial charge in [-0.25, -0.2) is 4.39 Å². The number of ketones is 1. The minimum Gasteiger partial charge on any atom is -0.481 e. The molecule has 1 atom stereocenters. The van der Waals surface area contributed by atoms with E-state index in [1.165, 1.54) is 13.0 Å². The van der Waals surface area contributed by atoms with Gasteiger partial charge in [0.1, 0.15) is 5.02 Å². The molecule has 0 radical (unpaired) electrons. The lowest BCUT2D eigenvalue weighted by Crippen LogP contribution is -2.27. The first-order valence-corrected chi connectivity index (χ1v) is 7.05. The smallest absolute Gasteiger partial charge is 0.304 e. The molecule has 2 rings (SSSR count). The van der Waals surface area contributed by atoms with E-state index in [9.17, 15) is 18.8 Å². The SMILES string of the molecule is CC(CC(=O)O)C(=O)c1cc2c(c(Cl)c1F)NC(=O)C2(C)C. The van der Waals surface area contributed by atoms with E-state index in [0.29, 0.717) is 5.56 Å². The van der Waals surface area contributed by atoms with E-state index < -0.39 is 35.3 Å². The van der Waals surface area contributed by atoms with Crippen molar-refractivity contribution in [2.24, 2.45) is 5.92 Å². The zero-order valence-electron chi connectivity index (χ0n) is 12.3. The van der Waals surface area contributed by atoms with E-state index in [-0.39, 0.29) is 22.2 Å². The van der Waals surface area contributed by atoms with Gasteiger partial charge in [-0.2, -0.15) is 0 Å². The number of amides is 1. The van der Waals surface area contributed by atoms with E-state index in [1.807, 2.05) is 0 Å². The minimum atomic E-state index is -1.15. The largest absolute Gasteiger partial charge is 0.481 e. The number of carboxylic acid groups (broad SMARTS) is 1. The Morgan fingerprint density at radius 3 is 2.59 bits per heavy atom. The van der Waals surface area contributed by atoms with Gasteiger partial charge in [0.2, 0.25) is 5.91 Å². The Balaban J connectivity index is 2.54. The number of nitrogens with one attached hydrogen (secondary N) is 1. The van der Waals surface area contributed by atoms with Gasteiger partial charge in [0.15, 0.2) is 11.6 Å². The van der Waals surface area contributed by atoms with Gasteiger partial charge in [-0.05, 0) is 25.5 Å². The number of anilines is 1. The molecule has 0 aliphatic carbocycles. The maximum absolute atomic E-state index is 14.3. The Morgan fingerprint density at radius 1 is 1.45 bits per heavy atom. The predicted molar refractivity (Wildman–Crippen MR) is 78.8 cm³/mol. The standard InChI is InChI=1S/C15H15ClFNO4/c1-6(4-9(19)20)13(21)7-5-8-12(10(16)11(7)17)18-14(22)15(8,2)3/h5-6H,4H2,1-3H3,(H,18,22)(H,19,20). The number of carbonyl (C=O) groups excluding carboxylic acids is 2. The second-order valence-corrected chi connectivity index (χ2v) is 6.29. The van der Waals surface area contributed by atoms with Gasteiger partial charge in [-0.1, -0.05) is 18.5 Å². The molecule has 0 bridgehead atoms. The van der Waals surface area contributed by atoms with E-state index in [0.717, 1.165) is 0 Å². The minimum absolute atomic E-state index is 0.164. The summed E-state index contributed by atoms with van der Waals surface area (Å²) in [5.74, 6) is -3.98. The van der Waals surface area contributed by atoms with Crippen LogP contribution in [-0.4, -0.2) is 22.8 Å². The summed E-state index contributed by atoms with van der Waals surface area (Å²) in [5, 5.41) is 10.9. The molecular weight excluding hydrogens is 313 g/mol. The lowest BCUT2D eigenvalue weighted by atomic mass is 9.84. The summed E-state index contributed by atoms with van der Waals surface area (Å²) in [4.78, 5) is 34.9. The summed E-state index contributed by atoms with van der Waals surface area (Å²) in [7, 11) is 0. The molecule has 22 heavy (non-hydrogen) atoms. The average molecular weight is 328 g/mol. The van der Waals surface area contributed by atoms with E-state index >= 15 is 0 Å². The quantitative estimate of drug-likeness (QED) is 0.833. The molecular formula is C15H15ClFNO4. The fourth-order valence-corrected chi connectivity index (χ4v) is 2.68. The topological polar surface area (TPSA) is 83.5 Å². The number of Topliss-reactive ketones (excluding diaryl/α,β-unsaturated/α-hetero) is 1. The lowest BCUT2D eigenvalue weighted by Gasteiger charge is -2.17. The van der Waals surface area contributed by atoms with Crippen LogP contribution in [0.4, 0.5) is 10.1 Å². The number of halogens is 2. The Hall–Kier alpha value is -1.95. The predicted octanol–water partition coefficient (Wildman–Crippen LogP) is 3.00. The van der Waals surface area contributed by atoms with E-state index in [2.05, 4.69) is 5.32 Å². The highest BCUT2D eigenvalue weighted by atomic mass is 35.5. The van der Waals surface area contributed by atoms with Crippen molar-refractivity contribution in [3.8, 4) is 0 Å². The second-order valence-electron chi connectivity index (χ2n) is 5.92. The highest BCUT2D eigenvalue weighted by Gasteiger charge is 2.41. The third-order valence-electron chi connectivity index (χ3n) is 3.88. The van der Waals surface area contributed by atoms with Crippen molar-refractivity contribution in [1.82, 2.24) is 0 Å². The van der Waals surface area contributed by atoms with Gasteiger partial charge < -0.3 is 10.4 Å². The Kier molecular flexibility index (Phi) is 4.00. The lowest BCUT2D eigenvalue weighted by molar-refractivity contribution is -0.137. The van der Waals surface area contributed by atoms with Crippen molar-refractivity contribution in [2.45, 2.75) is 32.6 Å². The number of hydrogen-bond acceptors (Lipinski definition) is 3. The second kappa shape index (κ2) is 5.35. The van der Waals surface area contributed by atoms with Gasteiger partial charge in [0, 0.05) is 5.92 Å². The van der Waals surface area contributed by atoms with Gasteiger partial charge in [-0.15, -0.1) is 0 Å². The Bertz CT molecular complexity index is 699. The van der Waals surface area contributed by atoms with Crippen molar-refractivity contribution in [1.29, 1.82) is 0 Å². The molecule has 0 aromatic heterocycles. The number of benzene rings is 1. The molecule has 1 amide bonds. The first kappa shape index (κ1) is 16.4.